The highest BCUT2D eigenvalue weighted by Gasteiger charge is 2.20. The molecular weight excluding hydrogens is 371 g/mol. The summed E-state index contributed by atoms with van der Waals surface area (Å²) in [6.07, 6.45) is 2.89. The highest BCUT2D eigenvalue weighted by Crippen LogP contribution is 2.23. The second-order valence-electron chi connectivity index (χ2n) is 7.13. The van der Waals surface area contributed by atoms with Gasteiger partial charge < -0.3 is 21.7 Å². The van der Waals surface area contributed by atoms with Gasteiger partial charge in [-0.15, -0.1) is 0 Å². The van der Waals surface area contributed by atoms with Gasteiger partial charge in [0, 0.05) is 44.8 Å². The van der Waals surface area contributed by atoms with E-state index in [9.17, 15) is 4.39 Å². The predicted octanol–water partition coefficient (Wildman–Crippen LogP) is -0.0510. The molecule has 3 rings (SSSR count). The van der Waals surface area contributed by atoms with Gasteiger partial charge in [-0.2, -0.15) is 9.97 Å². The molecule has 0 spiro atoms. The number of hydrogen-bond acceptors (Lipinski definition) is 7. The maximum Gasteiger partial charge on any atom is 0.223 e. The third kappa shape index (κ3) is 5.11. The van der Waals surface area contributed by atoms with Crippen molar-refractivity contribution in [3.8, 4) is 0 Å². The Morgan fingerprint density at radius 2 is 1.97 bits per heavy atom. The second kappa shape index (κ2) is 9.51. The summed E-state index contributed by atoms with van der Waals surface area (Å²) in [6.45, 7) is 6.94. The first-order valence-electron chi connectivity index (χ1n) is 9.96. The molecule has 0 bridgehead atoms. The minimum Gasteiger partial charge on any atom is -0.383 e. The van der Waals surface area contributed by atoms with Gasteiger partial charge in [-0.05, 0) is 24.1 Å². The zero-order valence-electron chi connectivity index (χ0n) is 16.9. The van der Waals surface area contributed by atoms with Crippen LogP contribution in [-0.4, -0.2) is 60.4 Å². The van der Waals surface area contributed by atoms with Gasteiger partial charge in [0.05, 0.1) is 12.1 Å². The van der Waals surface area contributed by atoms with Crippen LogP contribution in [0.3, 0.4) is 0 Å². The van der Waals surface area contributed by atoms with Crippen molar-refractivity contribution < 1.29 is 9.80 Å². The van der Waals surface area contributed by atoms with Crippen LogP contribution in [0.2, 0.25) is 0 Å². The van der Waals surface area contributed by atoms with Crippen molar-refractivity contribution in [1.82, 2.24) is 14.9 Å². The molecule has 1 saturated heterocycles. The van der Waals surface area contributed by atoms with Crippen molar-refractivity contribution in [3.05, 3.63) is 35.1 Å². The summed E-state index contributed by atoms with van der Waals surface area (Å²) < 4.78 is 14.2. The average Bonchev–Trinajstić information content (AvgIpc) is 2.71. The van der Waals surface area contributed by atoms with E-state index in [1.165, 1.54) is 6.21 Å². The number of nitrogens with one attached hydrogen (secondary N) is 1. The SMILES string of the molecule is CCc1ccc(F)c(N2CCN(CCNc3nc(N)nc(N)c3CC=[NH2+])CC2)c1. The molecule has 1 aliphatic rings. The molecule has 2 heterocycles. The van der Waals surface area contributed by atoms with Gasteiger partial charge >= 0.3 is 0 Å². The normalized spacial score (nSPS) is 14.8. The van der Waals surface area contributed by atoms with Crippen LogP contribution in [-0.2, 0) is 12.8 Å². The highest BCUT2D eigenvalue weighted by molar-refractivity contribution is 5.67. The Morgan fingerprint density at radius 1 is 1.21 bits per heavy atom. The molecule has 0 amide bonds. The minimum atomic E-state index is -0.152. The van der Waals surface area contributed by atoms with E-state index in [1.807, 2.05) is 12.1 Å². The fraction of sp³-hybridized carbons (Fsp3) is 0.450. The van der Waals surface area contributed by atoms with Crippen LogP contribution in [0.25, 0.3) is 0 Å². The Hall–Kier alpha value is -2.94. The Bertz CT molecular complexity index is 849. The Kier molecular flexibility index (Phi) is 6.82. The first-order chi connectivity index (χ1) is 14.0. The summed E-state index contributed by atoms with van der Waals surface area (Å²) in [5, 5.41) is 8.83. The lowest BCUT2D eigenvalue weighted by Crippen LogP contribution is -2.48. The molecule has 0 saturated carbocycles. The van der Waals surface area contributed by atoms with Crippen molar-refractivity contribution in [2.45, 2.75) is 19.8 Å². The molecular formula is C20H30FN8+. The molecule has 0 radical (unpaired) electrons. The van der Waals surface area contributed by atoms with Crippen LogP contribution >= 0.6 is 0 Å². The summed E-state index contributed by atoms with van der Waals surface area (Å²) in [5.41, 5.74) is 14.3. The van der Waals surface area contributed by atoms with Crippen molar-refractivity contribution in [2.75, 3.05) is 61.0 Å². The monoisotopic (exact) mass is 401 g/mol. The van der Waals surface area contributed by atoms with Crippen molar-refractivity contribution >= 4 is 29.5 Å². The number of nitrogen functional groups attached to an aromatic ring is 2. The molecule has 0 atom stereocenters. The van der Waals surface area contributed by atoms with E-state index in [4.69, 9.17) is 16.9 Å². The van der Waals surface area contributed by atoms with Gasteiger partial charge in [0.2, 0.25) is 5.95 Å². The first kappa shape index (κ1) is 20.8. The van der Waals surface area contributed by atoms with E-state index in [1.54, 1.807) is 6.07 Å². The van der Waals surface area contributed by atoms with Crippen LogP contribution in [0.15, 0.2) is 18.2 Å². The van der Waals surface area contributed by atoms with E-state index >= 15 is 0 Å². The largest absolute Gasteiger partial charge is 0.383 e. The topological polar surface area (TPSA) is 122 Å². The first-order valence-corrected chi connectivity index (χ1v) is 9.96. The quantitative estimate of drug-likeness (QED) is 0.458. The maximum absolute atomic E-state index is 14.2. The molecule has 0 aliphatic carbocycles. The highest BCUT2D eigenvalue weighted by atomic mass is 19.1. The number of anilines is 4. The molecule has 1 fully saturated rings. The van der Waals surface area contributed by atoms with Crippen LogP contribution in [0, 0.1) is 5.82 Å². The maximum atomic E-state index is 14.2. The van der Waals surface area contributed by atoms with E-state index in [-0.39, 0.29) is 11.8 Å². The predicted molar refractivity (Wildman–Crippen MR) is 115 cm³/mol. The van der Waals surface area contributed by atoms with Gasteiger partial charge in [0.15, 0.2) is 0 Å². The molecule has 29 heavy (non-hydrogen) atoms. The standard InChI is InChI=1S/C20H29FN8/c1-2-14-3-4-16(21)17(13-14)29-11-9-28(10-12-29)8-7-25-19-15(5-6-22)18(23)26-20(24)27-19/h3-4,6,13,22H,2,5,7-12H2,1H3,(H5,23,24,25,26,27)/p+1. The van der Waals surface area contributed by atoms with Crippen molar-refractivity contribution in [2.24, 2.45) is 0 Å². The third-order valence-electron chi connectivity index (χ3n) is 5.23. The van der Waals surface area contributed by atoms with Gasteiger partial charge in [-0.3, -0.25) is 10.3 Å². The molecule has 1 aromatic heterocycles. The summed E-state index contributed by atoms with van der Waals surface area (Å²) in [7, 11) is 0. The van der Waals surface area contributed by atoms with Crippen LogP contribution in [0.5, 0.6) is 0 Å². The zero-order chi connectivity index (χ0) is 20.8. The fourth-order valence-corrected chi connectivity index (χ4v) is 3.55. The van der Waals surface area contributed by atoms with Crippen LogP contribution < -0.4 is 27.1 Å². The number of nitrogens with two attached hydrogens (primary N) is 3. The van der Waals surface area contributed by atoms with E-state index in [0.717, 1.165) is 50.3 Å². The Balaban J connectivity index is 1.53. The van der Waals surface area contributed by atoms with Crippen molar-refractivity contribution in [3.63, 3.8) is 0 Å². The third-order valence-corrected chi connectivity index (χ3v) is 5.23. The van der Waals surface area contributed by atoms with Crippen LogP contribution in [0.4, 0.5) is 27.7 Å². The molecule has 1 aromatic carbocycles. The lowest BCUT2D eigenvalue weighted by Gasteiger charge is -2.36. The fourth-order valence-electron chi connectivity index (χ4n) is 3.55. The summed E-state index contributed by atoms with van der Waals surface area (Å²) in [6, 6.07) is 5.39. The molecule has 8 nitrogen and oxygen atoms in total. The number of hydrogen-bond donors (Lipinski definition) is 4. The number of aryl methyl sites for hydroxylation is 1. The minimum absolute atomic E-state index is 0.135. The van der Waals surface area contributed by atoms with E-state index in [0.29, 0.717) is 30.3 Å². The number of aromatic nitrogens is 2. The second-order valence-corrected chi connectivity index (χ2v) is 7.13. The molecule has 7 N–H and O–H groups in total. The lowest BCUT2D eigenvalue weighted by atomic mass is 10.1. The number of piperazine rings is 1. The number of rotatable bonds is 8. The number of benzene rings is 1. The van der Waals surface area contributed by atoms with Gasteiger partial charge in [0.1, 0.15) is 23.7 Å². The Morgan fingerprint density at radius 3 is 2.66 bits per heavy atom. The van der Waals surface area contributed by atoms with Gasteiger partial charge in [-0.1, -0.05) is 13.0 Å². The Labute approximate surface area is 170 Å². The van der Waals surface area contributed by atoms with Crippen molar-refractivity contribution in [1.29, 1.82) is 0 Å². The summed E-state index contributed by atoms with van der Waals surface area (Å²) in [4.78, 5) is 12.7. The van der Waals surface area contributed by atoms with Gasteiger partial charge in [0.25, 0.3) is 0 Å². The number of nitrogens with zero attached hydrogens (tertiary/aromatic N) is 4. The molecule has 9 heteroatoms. The summed E-state index contributed by atoms with van der Waals surface area (Å²) in [5.74, 6) is 0.941. The molecule has 2 aromatic rings. The summed E-state index contributed by atoms with van der Waals surface area (Å²) >= 11 is 0. The van der Waals surface area contributed by atoms with Gasteiger partial charge in [-0.25, -0.2) is 4.39 Å². The zero-order valence-corrected chi connectivity index (χ0v) is 16.9. The molecule has 1 aliphatic heterocycles. The van der Waals surface area contributed by atoms with Crippen LogP contribution in [0.1, 0.15) is 18.1 Å². The smallest absolute Gasteiger partial charge is 0.223 e. The molecule has 0 unspecified atom stereocenters. The average molecular weight is 402 g/mol. The lowest BCUT2D eigenvalue weighted by molar-refractivity contribution is -0.107. The number of halogens is 1. The molecule has 156 valence electrons. The van der Waals surface area contributed by atoms with E-state index in [2.05, 4.69) is 32.0 Å². The van der Waals surface area contributed by atoms with E-state index < -0.39 is 0 Å².